The first-order valence-corrected chi connectivity index (χ1v) is 16.1. The molecule has 236 valence electrons. The number of thioether (sulfide) groups is 1. The number of benzene rings is 2. The second kappa shape index (κ2) is 14.9. The van der Waals surface area contributed by atoms with Crippen LogP contribution in [0.4, 0.5) is 5.69 Å². The molecule has 0 aromatic heterocycles. The van der Waals surface area contributed by atoms with E-state index in [0.717, 1.165) is 17.7 Å². The fourth-order valence-corrected chi connectivity index (χ4v) is 6.39. The van der Waals surface area contributed by atoms with Crippen LogP contribution in [0, 0.1) is 0 Å². The monoisotopic (exact) mass is 623 g/mol. The molecule has 0 aliphatic carbocycles. The number of nitrogens with zero attached hydrogens (tertiary/aromatic N) is 2. The van der Waals surface area contributed by atoms with Crippen LogP contribution in [0.2, 0.25) is 0 Å². The van der Waals surface area contributed by atoms with Gasteiger partial charge in [0.05, 0.1) is 29.5 Å². The van der Waals surface area contributed by atoms with E-state index in [1.807, 2.05) is 18.2 Å². The zero-order valence-electron chi connectivity index (χ0n) is 25.8. The summed E-state index contributed by atoms with van der Waals surface area (Å²) in [5, 5.41) is 3.24. The number of fused-ring (bicyclic) bond motifs is 2. The number of esters is 2. The Morgan fingerprint density at radius 1 is 0.932 bits per heavy atom. The molecule has 3 amide bonds. The van der Waals surface area contributed by atoms with Crippen molar-refractivity contribution >= 4 is 47.1 Å². The van der Waals surface area contributed by atoms with Gasteiger partial charge in [0.25, 0.3) is 11.8 Å². The molecule has 2 atom stereocenters. The van der Waals surface area contributed by atoms with Gasteiger partial charge in [-0.05, 0) is 64.8 Å². The minimum absolute atomic E-state index is 0.209. The molecule has 11 heteroatoms. The number of amides is 3. The van der Waals surface area contributed by atoms with Crippen LogP contribution in [-0.2, 0) is 23.9 Å². The van der Waals surface area contributed by atoms with Gasteiger partial charge in [0.1, 0.15) is 18.2 Å². The van der Waals surface area contributed by atoms with E-state index < -0.39 is 29.6 Å². The Bertz CT molecular complexity index is 1350. The van der Waals surface area contributed by atoms with E-state index >= 15 is 0 Å². The Labute approximate surface area is 262 Å². The molecule has 2 aromatic carbocycles. The number of rotatable bonds is 13. The molecule has 4 rings (SSSR count). The summed E-state index contributed by atoms with van der Waals surface area (Å²) in [6.07, 6.45) is 3.30. The molecule has 0 bridgehead atoms. The molecule has 2 aliphatic rings. The average molecular weight is 624 g/mol. The van der Waals surface area contributed by atoms with E-state index in [2.05, 4.69) is 5.32 Å². The Morgan fingerprint density at radius 3 is 2.23 bits per heavy atom. The predicted molar refractivity (Wildman–Crippen MR) is 168 cm³/mol. The maximum Gasteiger partial charge on any atom is 0.326 e. The average Bonchev–Trinajstić information content (AvgIpc) is 3.14. The van der Waals surface area contributed by atoms with Crippen LogP contribution in [0.1, 0.15) is 80.5 Å². The highest BCUT2D eigenvalue weighted by molar-refractivity contribution is 7.99. The third kappa shape index (κ3) is 8.26. The number of hydrogen-bond donors (Lipinski definition) is 1. The fraction of sp³-hybridized carbons (Fsp3) is 0.485. The second-order valence-corrected chi connectivity index (χ2v) is 12.9. The van der Waals surface area contributed by atoms with Crippen LogP contribution < -0.4 is 10.2 Å². The van der Waals surface area contributed by atoms with Gasteiger partial charge >= 0.3 is 11.9 Å². The molecule has 2 heterocycles. The van der Waals surface area contributed by atoms with Gasteiger partial charge in [-0.3, -0.25) is 39.1 Å². The number of hydrogen-bond acceptors (Lipinski definition) is 9. The minimum atomic E-state index is -0.738. The topological polar surface area (TPSA) is 122 Å². The SMILES string of the molecule is CCOC(=O)C(CCCCCCN1C(=O)c2ccccc2C1=O)NC1CSc2ccccc2N(CC(=O)OC(C)(C)C)C1=O. The van der Waals surface area contributed by atoms with E-state index in [1.54, 1.807) is 58.0 Å². The predicted octanol–water partition coefficient (Wildman–Crippen LogP) is 4.60. The molecule has 44 heavy (non-hydrogen) atoms. The van der Waals surface area contributed by atoms with Crippen molar-refractivity contribution in [1.82, 2.24) is 10.2 Å². The maximum atomic E-state index is 13.8. The van der Waals surface area contributed by atoms with Crippen molar-refractivity contribution in [3.63, 3.8) is 0 Å². The third-order valence-corrected chi connectivity index (χ3v) is 8.47. The van der Waals surface area contributed by atoms with Crippen LogP contribution in [0.3, 0.4) is 0 Å². The van der Waals surface area contributed by atoms with Crippen LogP contribution in [-0.4, -0.2) is 77.7 Å². The first-order valence-electron chi connectivity index (χ1n) is 15.1. The van der Waals surface area contributed by atoms with Crippen molar-refractivity contribution in [2.24, 2.45) is 0 Å². The smallest absolute Gasteiger partial charge is 0.326 e. The Morgan fingerprint density at radius 2 is 1.57 bits per heavy atom. The molecular formula is C33H41N3O7S. The first-order chi connectivity index (χ1) is 21.0. The molecule has 0 spiro atoms. The van der Waals surface area contributed by atoms with Gasteiger partial charge in [0.15, 0.2) is 0 Å². The lowest BCUT2D eigenvalue weighted by atomic mass is 10.1. The van der Waals surface area contributed by atoms with E-state index in [-0.39, 0.29) is 30.9 Å². The van der Waals surface area contributed by atoms with Crippen molar-refractivity contribution in [1.29, 1.82) is 0 Å². The lowest BCUT2D eigenvalue weighted by Crippen LogP contribution is -2.54. The normalized spacial score (nSPS) is 17.2. The van der Waals surface area contributed by atoms with E-state index in [4.69, 9.17) is 9.47 Å². The van der Waals surface area contributed by atoms with E-state index in [0.29, 0.717) is 48.4 Å². The summed E-state index contributed by atoms with van der Waals surface area (Å²) < 4.78 is 10.8. The summed E-state index contributed by atoms with van der Waals surface area (Å²) in [5.74, 6) is -1.41. The van der Waals surface area contributed by atoms with E-state index in [9.17, 15) is 24.0 Å². The zero-order valence-corrected chi connectivity index (χ0v) is 26.6. The van der Waals surface area contributed by atoms with Crippen molar-refractivity contribution in [3.05, 3.63) is 59.7 Å². The third-order valence-electron chi connectivity index (χ3n) is 7.31. The minimum Gasteiger partial charge on any atom is -0.465 e. The molecular weight excluding hydrogens is 582 g/mol. The van der Waals surface area contributed by atoms with Crippen molar-refractivity contribution < 1.29 is 33.4 Å². The number of anilines is 1. The summed E-state index contributed by atoms with van der Waals surface area (Å²) >= 11 is 1.49. The standard InChI is InChI=1S/C33H41N3O7S/c1-5-42-32(41)24(16-8-6-7-13-19-35-29(38)22-14-9-10-15-23(22)30(35)39)34-25-21-44-27-18-12-11-17-26(27)36(31(25)40)20-28(37)43-33(2,3)4/h9-12,14-15,17-18,24-25,34H,5-8,13,16,19-21H2,1-4H3. The number of imide groups is 1. The quantitative estimate of drug-likeness (QED) is 0.194. The highest BCUT2D eigenvalue weighted by atomic mass is 32.2. The Kier molecular flexibility index (Phi) is 11.2. The number of carbonyl (C=O) groups is 5. The summed E-state index contributed by atoms with van der Waals surface area (Å²) in [7, 11) is 0. The largest absolute Gasteiger partial charge is 0.465 e. The molecule has 1 N–H and O–H groups in total. The van der Waals surface area contributed by atoms with Gasteiger partial charge < -0.3 is 9.47 Å². The molecule has 0 fully saturated rings. The van der Waals surface area contributed by atoms with Crippen LogP contribution in [0.15, 0.2) is 53.4 Å². The van der Waals surface area contributed by atoms with Crippen LogP contribution >= 0.6 is 11.8 Å². The zero-order chi connectivity index (χ0) is 31.9. The molecule has 0 saturated carbocycles. The van der Waals surface area contributed by atoms with Crippen molar-refractivity contribution in [2.45, 2.75) is 82.4 Å². The van der Waals surface area contributed by atoms with Gasteiger partial charge in [-0.2, -0.15) is 0 Å². The summed E-state index contributed by atoms with van der Waals surface area (Å²) in [5.41, 5.74) is 0.820. The molecule has 2 unspecified atom stereocenters. The molecule has 0 radical (unpaired) electrons. The summed E-state index contributed by atoms with van der Waals surface area (Å²) in [6, 6.07) is 12.8. The number of unbranched alkanes of at least 4 members (excludes halogenated alkanes) is 3. The number of para-hydroxylation sites is 1. The van der Waals surface area contributed by atoms with Crippen molar-refractivity contribution in [2.75, 3.05) is 30.3 Å². The Hall–Kier alpha value is -3.70. The second-order valence-electron chi connectivity index (χ2n) is 11.8. The molecule has 10 nitrogen and oxygen atoms in total. The van der Waals surface area contributed by atoms with Gasteiger partial charge in [-0.1, -0.05) is 43.5 Å². The molecule has 2 aromatic rings. The lowest BCUT2D eigenvalue weighted by molar-refractivity contribution is -0.154. The summed E-state index contributed by atoms with van der Waals surface area (Å²) in [6.45, 7) is 7.37. The van der Waals surface area contributed by atoms with Crippen LogP contribution in [0.5, 0.6) is 0 Å². The van der Waals surface area contributed by atoms with Gasteiger partial charge in [0, 0.05) is 17.2 Å². The Balaban J connectivity index is 1.35. The van der Waals surface area contributed by atoms with Gasteiger partial charge in [-0.15, -0.1) is 11.8 Å². The fourth-order valence-electron chi connectivity index (χ4n) is 5.31. The maximum absolute atomic E-state index is 13.8. The highest BCUT2D eigenvalue weighted by Crippen LogP contribution is 2.34. The van der Waals surface area contributed by atoms with E-state index in [1.165, 1.54) is 21.6 Å². The highest BCUT2D eigenvalue weighted by Gasteiger charge is 2.36. The lowest BCUT2D eigenvalue weighted by Gasteiger charge is -2.28. The van der Waals surface area contributed by atoms with Crippen molar-refractivity contribution in [3.8, 4) is 0 Å². The van der Waals surface area contributed by atoms with Gasteiger partial charge in [-0.25, -0.2) is 0 Å². The van der Waals surface area contributed by atoms with Crippen LogP contribution in [0.25, 0.3) is 0 Å². The number of nitrogens with one attached hydrogen (secondary N) is 1. The summed E-state index contributed by atoms with van der Waals surface area (Å²) in [4.78, 5) is 68.3. The first kappa shape index (κ1) is 33.2. The molecule has 2 aliphatic heterocycles. The number of carbonyl (C=O) groups excluding carboxylic acids is 5. The number of ether oxygens (including phenoxy) is 2. The molecule has 0 saturated heterocycles. The van der Waals surface area contributed by atoms with Gasteiger partial charge in [0.2, 0.25) is 5.91 Å².